The molecular formula is C16H21N3OS. The fraction of sp³-hybridized carbons (Fsp3) is 0.375. The third-order valence-corrected chi connectivity index (χ3v) is 4.50. The van der Waals surface area contributed by atoms with E-state index in [1.807, 2.05) is 33.2 Å². The van der Waals surface area contributed by atoms with Gasteiger partial charge in [0.25, 0.3) is 5.91 Å². The molecule has 1 N–H and O–H groups in total. The molecule has 21 heavy (non-hydrogen) atoms. The Hall–Kier alpha value is -1.88. The first-order valence-corrected chi connectivity index (χ1v) is 7.84. The van der Waals surface area contributed by atoms with Crippen LogP contribution in [0.5, 0.6) is 0 Å². The molecular weight excluding hydrogens is 282 g/mol. The number of aromatic nitrogens is 1. The zero-order valence-electron chi connectivity index (χ0n) is 12.9. The van der Waals surface area contributed by atoms with Gasteiger partial charge in [0.2, 0.25) is 0 Å². The van der Waals surface area contributed by atoms with Gasteiger partial charge >= 0.3 is 0 Å². The molecule has 0 saturated heterocycles. The van der Waals surface area contributed by atoms with Crippen molar-refractivity contribution in [1.82, 2.24) is 9.88 Å². The second kappa shape index (κ2) is 6.72. The van der Waals surface area contributed by atoms with Gasteiger partial charge in [0.05, 0.1) is 11.3 Å². The Bertz CT molecular complexity index is 610. The second-order valence-electron chi connectivity index (χ2n) is 5.17. The minimum absolute atomic E-state index is 0.00379. The topological polar surface area (TPSA) is 45.2 Å². The van der Waals surface area contributed by atoms with E-state index in [0.29, 0.717) is 5.56 Å². The van der Waals surface area contributed by atoms with E-state index >= 15 is 0 Å². The maximum Gasteiger partial charge on any atom is 0.257 e. The maximum absolute atomic E-state index is 12.7. The number of anilines is 1. The number of nitrogens with zero attached hydrogens (tertiary/aromatic N) is 2. The van der Waals surface area contributed by atoms with E-state index < -0.39 is 0 Å². The zero-order chi connectivity index (χ0) is 15.4. The standard InChI is InChI=1S/C16H21N3OS/c1-11-8-15(17-3)14(10-18-11)16(20)19(4)12(2)9-13-6-5-7-21-13/h5-8,10,12H,9H2,1-4H3,(H,17,18). The van der Waals surface area contributed by atoms with Gasteiger partial charge in [0, 0.05) is 43.3 Å². The smallest absolute Gasteiger partial charge is 0.257 e. The summed E-state index contributed by atoms with van der Waals surface area (Å²) in [7, 11) is 3.67. The normalized spacial score (nSPS) is 12.0. The summed E-state index contributed by atoms with van der Waals surface area (Å²) < 4.78 is 0. The number of likely N-dealkylation sites (N-methyl/N-ethyl adjacent to an activating group) is 1. The van der Waals surface area contributed by atoms with Gasteiger partial charge in [-0.2, -0.15) is 0 Å². The Morgan fingerprint density at radius 3 is 2.90 bits per heavy atom. The number of hydrogen-bond acceptors (Lipinski definition) is 4. The number of carbonyl (C=O) groups excluding carboxylic acids is 1. The van der Waals surface area contributed by atoms with E-state index in [1.54, 1.807) is 22.4 Å². The van der Waals surface area contributed by atoms with Gasteiger partial charge in [-0.25, -0.2) is 0 Å². The van der Waals surface area contributed by atoms with Crippen molar-refractivity contribution in [3.8, 4) is 0 Å². The SMILES string of the molecule is CNc1cc(C)ncc1C(=O)N(C)C(C)Cc1cccs1. The minimum Gasteiger partial charge on any atom is -0.387 e. The number of amides is 1. The molecule has 0 radical (unpaired) electrons. The third-order valence-electron chi connectivity index (χ3n) is 3.60. The van der Waals surface area contributed by atoms with E-state index in [4.69, 9.17) is 0 Å². The predicted molar refractivity (Wildman–Crippen MR) is 88.1 cm³/mol. The Kier molecular flexibility index (Phi) is 4.96. The quantitative estimate of drug-likeness (QED) is 0.922. The molecule has 2 aromatic heterocycles. The molecule has 0 aromatic carbocycles. The van der Waals surface area contributed by atoms with Crippen LogP contribution in [-0.2, 0) is 6.42 Å². The van der Waals surface area contributed by atoms with Crippen molar-refractivity contribution in [2.75, 3.05) is 19.4 Å². The van der Waals surface area contributed by atoms with Crippen molar-refractivity contribution in [3.05, 3.63) is 45.9 Å². The van der Waals surface area contributed by atoms with Crippen molar-refractivity contribution >= 4 is 22.9 Å². The summed E-state index contributed by atoms with van der Waals surface area (Å²) in [5, 5.41) is 5.13. The molecule has 5 heteroatoms. The van der Waals surface area contributed by atoms with Gasteiger partial charge in [0.15, 0.2) is 0 Å². The summed E-state index contributed by atoms with van der Waals surface area (Å²) in [5.74, 6) is -0.00379. The summed E-state index contributed by atoms with van der Waals surface area (Å²) in [4.78, 5) is 20.0. The van der Waals surface area contributed by atoms with Gasteiger partial charge in [0.1, 0.15) is 0 Å². The van der Waals surface area contributed by atoms with Gasteiger partial charge < -0.3 is 10.2 Å². The molecule has 2 rings (SSSR count). The Morgan fingerprint density at radius 2 is 2.29 bits per heavy atom. The van der Waals surface area contributed by atoms with E-state index in [0.717, 1.165) is 17.8 Å². The average molecular weight is 303 g/mol. The van der Waals surface area contributed by atoms with Crippen LogP contribution in [0.2, 0.25) is 0 Å². The van der Waals surface area contributed by atoms with E-state index in [2.05, 4.69) is 28.7 Å². The first kappa shape index (κ1) is 15.5. The molecule has 0 spiro atoms. The highest BCUT2D eigenvalue weighted by molar-refractivity contribution is 7.09. The van der Waals surface area contributed by atoms with Crippen LogP contribution in [0.25, 0.3) is 0 Å². The second-order valence-corrected chi connectivity index (χ2v) is 6.20. The third kappa shape index (κ3) is 3.61. The number of rotatable bonds is 5. The lowest BCUT2D eigenvalue weighted by Crippen LogP contribution is -2.36. The van der Waals surface area contributed by atoms with E-state index in [-0.39, 0.29) is 11.9 Å². The summed E-state index contributed by atoms with van der Waals surface area (Å²) in [6.07, 6.45) is 2.52. The molecule has 0 bridgehead atoms. The molecule has 1 atom stereocenters. The van der Waals surface area contributed by atoms with E-state index in [1.165, 1.54) is 4.88 Å². The number of nitrogens with one attached hydrogen (secondary N) is 1. The molecule has 0 aliphatic rings. The number of hydrogen-bond donors (Lipinski definition) is 1. The molecule has 1 unspecified atom stereocenters. The Balaban J connectivity index is 2.15. The summed E-state index contributed by atoms with van der Waals surface area (Å²) in [6.45, 7) is 3.98. The lowest BCUT2D eigenvalue weighted by atomic mass is 10.1. The maximum atomic E-state index is 12.7. The highest BCUT2D eigenvalue weighted by Crippen LogP contribution is 2.19. The van der Waals surface area contributed by atoms with Crippen molar-refractivity contribution < 1.29 is 4.79 Å². The largest absolute Gasteiger partial charge is 0.387 e. The lowest BCUT2D eigenvalue weighted by molar-refractivity contribution is 0.0744. The molecule has 0 aliphatic heterocycles. The molecule has 112 valence electrons. The van der Waals surface area contributed by atoms with Crippen LogP contribution in [0, 0.1) is 6.92 Å². The van der Waals surface area contributed by atoms with Gasteiger partial charge in [-0.15, -0.1) is 11.3 Å². The molecule has 2 aromatic rings. The molecule has 4 nitrogen and oxygen atoms in total. The fourth-order valence-corrected chi connectivity index (χ4v) is 3.01. The van der Waals surface area contributed by atoms with Gasteiger partial charge in [-0.05, 0) is 31.4 Å². The van der Waals surface area contributed by atoms with Gasteiger partial charge in [-0.1, -0.05) is 6.07 Å². The minimum atomic E-state index is -0.00379. The zero-order valence-corrected chi connectivity index (χ0v) is 13.7. The van der Waals surface area contributed by atoms with Crippen molar-refractivity contribution in [2.45, 2.75) is 26.3 Å². The van der Waals surface area contributed by atoms with E-state index in [9.17, 15) is 4.79 Å². The highest BCUT2D eigenvalue weighted by Gasteiger charge is 2.21. The lowest BCUT2D eigenvalue weighted by Gasteiger charge is -2.25. The number of pyridine rings is 1. The van der Waals surface area contributed by atoms with Crippen molar-refractivity contribution in [2.24, 2.45) is 0 Å². The number of thiophene rings is 1. The van der Waals surface area contributed by atoms with Crippen LogP contribution in [-0.4, -0.2) is 35.9 Å². The summed E-state index contributed by atoms with van der Waals surface area (Å²) in [5.41, 5.74) is 2.33. The fourth-order valence-electron chi connectivity index (χ4n) is 2.18. The monoisotopic (exact) mass is 303 g/mol. The van der Waals surface area contributed by atoms with Crippen LogP contribution >= 0.6 is 11.3 Å². The van der Waals surface area contributed by atoms with Crippen LogP contribution < -0.4 is 5.32 Å². The predicted octanol–water partition coefficient (Wildman–Crippen LogP) is 3.20. The summed E-state index contributed by atoms with van der Waals surface area (Å²) in [6, 6.07) is 6.18. The molecule has 2 heterocycles. The molecule has 1 amide bonds. The molecule has 0 fully saturated rings. The first-order valence-electron chi connectivity index (χ1n) is 6.97. The highest BCUT2D eigenvalue weighted by atomic mass is 32.1. The van der Waals surface area contributed by atoms with Crippen molar-refractivity contribution in [1.29, 1.82) is 0 Å². The van der Waals surface area contributed by atoms with Crippen LogP contribution in [0.4, 0.5) is 5.69 Å². The molecule has 0 saturated carbocycles. The van der Waals surface area contributed by atoms with Gasteiger partial charge in [-0.3, -0.25) is 9.78 Å². The van der Waals surface area contributed by atoms with Crippen LogP contribution in [0.1, 0.15) is 27.9 Å². The Labute approximate surface area is 129 Å². The number of carbonyl (C=O) groups is 1. The average Bonchev–Trinajstić information content (AvgIpc) is 2.98. The summed E-state index contributed by atoms with van der Waals surface area (Å²) >= 11 is 1.72. The number of aryl methyl sites for hydroxylation is 1. The molecule has 0 aliphatic carbocycles. The Morgan fingerprint density at radius 1 is 1.52 bits per heavy atom. The van der Waals surface area contributed by atoms with Crippen molar-refractivity contribution in [3.63, 3.8) is 0 Å². The first-order chi connectivity index (χ1) is 10.0. The van der Waals surface area contributed by atoms with Crippen LogP contribution in [0.15, 0.2) is 29.8 Å². The van der Waals surface area contributed by atoms with Crippen LogP contribution in [0.3, 0.4) is 0 Å².